The minimum absolute atomic E-state index is 0.00501. The third-order valence-electron chi connectivity index (χ3n) is 5.37. The number of rotatable bonds is 6. The molecule has 172 valence electrons. The van der Waals surface area contributed by atoms with Crippen LogP contribution in [0.5, 0.6) is 11.5 Å². The summed E-state index contributed by atoms with van der Waals surface area (Å²) >= 11 is 0. The fourth-order valence-corrected chi connectivity index (χ4v) is 3.30. The third kappa shape index (κ3) is 5.79. The van der Waals surface area contributed by atoms with Gasteiger partial charge in [-0.05, 0) is 53.8 Å². The van der Waals surface area contributed by atoms with Crippen LogP contribution in [0.1, 0.15) is 58.2 Å². The maximum Gasteiger partial charge on any atom is 0.343 e. The number of esters is 1. The van der Waals surface area contributed by atoms with Crippen molar-refractivity contribution in [3.8, 4) is 17.6 Å². The fourth-order valence-electron chi connectivity index (χ4n) is 3.30. The first kappa shape index (κ1) is 24.5. The predicted octanol–water partition coefficient (Wildman–Crippen LogP) is 6.31. The van der Waals surface area contributed by atoms with E-state index in [-0.39, 0.29) is 22.5 Å². The first-order chi connectivity index (χ1) is 16.1. The summed E-state index contributed by atoms with van der Waals surface area (Å²) in [5, 5.41) is 9.53. The number of allylic oxidation sites excluding steroid dienone is 1. The monoisotopic (exact) mass is 453 g/mol. The van der Waals surface area contributed by atoms with E-state index in [1.807, 2.05) is 37.3 Å². The van der Waals surface area contributed by atoms with Gasteiger partial charge in [0.1, 0.15) is 11.6 Å². The average Bonchev–Trinajstić information content (AvgIpc) is 2.82. The summed E-state index contributed by atoms with van der Waals surface area (Å²) < 4.78 is 10.9. The summed E-state index contributed by atoms with van der Waals surface area (Å²) in [7, 11) is 1.46. The number of carbonyl (C=O) groups excluding carboxylic acids is 2. The number of aryl methyl sites for hydroxylation is 1. The molecule has 0 aliphatic carbocycles. The highest BCUT2D eigenvalue weighted by molar-refractivity contribution is 6.14. The quantitative estimate of drug-likeness (QED) is 0.144. The normalized spacial score (nSPS) is 11.5. The molecule has 0 amide bonds. The maximum atomic E-state index is 12.7. The van der Waals surface area contributed by atoms with E-state index in [1.54, 1.807) is 42.5 Å². The molecule has 5 heteroatoms. The second-order valence-electron chi connectivity index (χ2n) is 8.99. The van der Waals surface area contributed by atoms with Gasteiger partial charge in [0.15, 0.2) is 11.5 Å². The molecular weight excluding hydrogens is 426 g/mol. The second-order valence-corrected chi connectivity index (χ2v) is 8.99. The van der Waals surface area contributed by atoms with Crippen LogP contribution in [0.3, 0.4) is 0 Å². The molecule has 0 radical (unpaired) electrons. The van der Waals surface area contributed by atoms with Crippen LogP contribution in [-0.4, -0.2) is 18.9 Å². The van der Waals surface area contributed by atoms with E-state index in [4.69, 9.17) is 9.47 Å². The standard InChI is InChI=1S/C29H27NO4/c1-19-6-9-21(10-7-19)27(31)23(18-30)16-20-8-15-25(26(17-20)33-5)34-28(32)22-11-13-24(14-12-22)29(2,3)4/h6-17H,1-5H3/b23-16+. The van der Waals surface area contributed by atoms with Crippen molar-refractivity contribution >= 4 is 17.8 Å². The molecule has 5 nitrogen and oxygen atoms in total. The molecule has 0 N–H and O–H groups in total. The van der Waals surface area contributed by atoms with E-state index in [0.717, 1.165) is 11.1 Å². The van der Waals surface area contributed by atoms with Crippen LogP contribution in [0.4, 0.5) is 0 Å². The second kappa shape index (κ2) is 10.2. The van der Waals surface area contributed by atoms with Crippen LogP contribution in [0, 0.1) is 18.3 Å². The van der Waals surface area contributed by atoms with E-state index in [2.05, 4.69) is 20.8 Å². The zero-order valence-corrected chi connectivity index (χ0v) is 20.0. The summed E-state index contributed by atoms with van der Waals surface area (Å²) in [4.78, 5) is 25.4. The Morgan fingerprint density at radius 3 is 2.06 bits per heavy atom. The Morgan fingerprint density at radius 2 is 1.50 bits per heavy atom. The SMILES string of the molecule is COc1cc(/C=C(\C#N)C(=O)c2ccc(C)cc2)ccc1OC(=O)c1ccc(C(C)(C)C)cc1. The summed E-state index contributed by atoms with van der Waals surface area (Å²) in [5.74, 6) is -0.314. The van der Waals surface area contributed by atoms with Gasteiger partial charge in [-0.2, -0.15) is 5.26 Å². The molecule has 0 heterocycles. The van der Waals surface area contributed by atoms with Crippen molar-refractivity contribution in [3.05, 3.63) is 100 Å². The first-order valence-electron chi connectivity index (χ1n) is 10.9. The molecule has 0 aliphatic rings. The molecule has 3 aromatic rings. The Morgan fingerprint density at radius 1 is 0.882 bits per heavy atom. The number of ketones is 1. The van der Waals surface area contributed by atoms with Gasteiger partial charge in [-0.25, -0.2) is 4.79 Å². The lowest BCUT2D eigenvalue weighted by molar-refractivity contribution is 0.0729. The van der Waals surface area contributed by atoms with E-state index in [9.17, 15) is 14.9 Å². The number of methoxy groups -OCH3 is 1. The topological polar surface area (TPSA) is 76.4 Å². The molecule has 3 rings (SSSR count). The lowest BCUT2D eigenvalue weighted by Gasteiger charge is -2.19. The molecule has 0 fully saturated rings. The molecule has 0 unspecified atom stereocenters. The molecule has 0 aromatic heterocycles. The molecule has 34 heavy (non-hydrogen) atoms. The average molecular weight is 454 g/mol. The molecule has 0 spiro atoms. The highest BCUT2D eigenvalue weighted by Crippen LogP contribution is 2.30. The maximum absolute atomic E-state index is 12.7. The van der Waals surface area contributed by atoms with Gasteiger partial charge >= 0.3 is 5.97 Å². The van der Waals surface area contributed by atoms with E-state index in [1.165, 1.54) is 13.2 Å². The number of hydrogen-bond acceptors (Lipinski definition) is 5. The Labute approximate surface area is 200 Å². The molecule has 3 aromatic carbocycles. The van der Waals surface area contributed by atoms with Crippen molar-refractivity contribution in [2.24, 2.45) is 0 Å². The molecule has 0 saturated carbocycles. The number of nitriles is 1. The first-order valence-corrected chi connectivity index (χ1v) is 10.9. The van der Waals surface area contributed by atoms with Gasteiger partial charge in [0, 0.05) is 5.56 Å². The van der Waals surface area contributed by atoms with Crippen LogP contribution in [0.15, 0.2) is 72.3 Å². The molecule has 0 atom stereocenters. The van der Waals surface area contributed by atoms with Gasteiger partial charge in [-0.3, -0.25) is 4.79 Å². The van der Waals surface area contributed by atoms with Crippen LogP contribution in [0.25, 0.3) is 6.08 Å². The van der Waals surface area contributed by atoms with Crippen LogP contribution >= 0.6 is 0 Å². The summed E-state index contributed by atoms with van der Waals surface area (Å²) in [5.41, 5.74) is 3.56. The number of nitrogens with zero attached hydrogens (tertiary/aromatic N) is 1. The summed E-state index contributed by atoms with van der Waals surface area (Å²) in [6, 6.07) is 21.2. The molecule has 0 saturated heterocycles. The highest BCUT2D eigenvalue weighted by Gasteiger charge is 2.17. The van der Waals surface area contributed by atoms with Gasteiger partial charge in [0.2, 0.25) is 5.78 Å². The Kier molecular flexibility index (Phi) is 7.33. The molecule has 0 aliphatic heterocycles. The molecule has 0 bridgehead atoms. The number of benzene rings is 3. The van der Waals surface area contributed by atoms with E-state index >= 15 is 0 Å². The van der Waals surface area contributed by atoms with E-state index in [0.29, 0.717) is 22.4 Å². The predicted molar refractivity (Wildman–Crippen MR) is 132 cm³/mol. The smallest absolute Gasteiger partial charge is 0.343 e. The number of carbonyl (C=O) groups is 2. The van der Waals surface area contributed by atoms with Crippen molar-refractivity contribution in [2.75, 3.05) is 7.11 Å². The van der Waals surface area contributed by atoms with Gasteiger partial charge in [-0.1, -0.05) is 68.8 Å². The molecular formula is C29H27NO4. The number of Topliss-reactive ketones (excluding diaryl/α,β-unsaturated/α-hetero) is 1. The highest BCUT2D eigenvalue weighted by atomic mass is 16.6. The zero-order valence-electron chi connectivity index (χ0n) is 20.0. The van der Waals surface area contributed by atoms with Crippen molar-refractivity contribution in [1.29, 1.82) is 5.26 Å². The lowest BCUT2D eigenvalue weighted by atomic mass is 9.87. The number of hydrogen-bond donors (Lipinski definition) is 0. The van der Waals surface area contributed by atoms with Gasteiger partial charge in [0.05, 0.1) is 12.7 Å². The summed E-state index contributed by atoms with van der Waals surface area (Å²) in [6.07, 6.45) is 1.49. The minimum Gasteiger partial charge on any atom is -0.493 e. The minimum atomic E-state index is -0.505. The van der Waals surface area contributed by atoms with Crippen molar-refractivity contribution < 1.29 is 19.1 Å². The van der Waals surface area contributed by atoms with Crippen molar-refractivity contribution in [1.82, 2.24) is 0 Å². The lowest BCUT2D eigenvalue weighted by Crippen LogP contribution is -2.13. The third-order valence-corrected chi connectivity index (χ3v) is 5.37. The number of ether oxygens (including phenoxy) is 2. The van der Waals surface area contributed by atoms with Crippen LogP contribution in [-0.2, 0) is 5.41 Å². The van der Waals surface area contributed by atoms with Gasteiger partial charge < -0.3 is 9.47 Å². The Bertz CT molecular complexity index is 1270. The van der Waals surface area contributed by atoms with Gasteiger partial charge in [-0.15, -0.1) is 0 Å². The van der Waals surface area contributed by atoms with Crippen LogP contribution in [0.2, 0.25) is 0 Å². The van der Waals surface area contributed by atoms with Crippen molar-refractivity contribution in [3.63, 3.8) is 0 Å². The van der Waals surface area contributed by atoms with E-state index < -0.39 is 5.97 Å². The van der Waals surface area contributed by atoms with Gasteiger partial charge in [0.25, 0.3) is 0 Å². The Balaban J connectivity index is 1.82. The summed E-state index contributed by atoms with van der Waals surface area (Å²) in [6.45, 7) is 8.24. The Hall–Kier alpha value is -4.17. The zero-order chi connectivity index (χ0) is 24.9. The largest absolute Gasteiger partial charge is 0.493 e. The van der Waals surface area contributed by atoms with Crippen molar-refractivity contribution in [2.45, 2.75) is 33.1 Å². The van der Waals surface area contributed by atoms with Crippen LogP contribution < -0.4 is 9.47 Å². The fraction of sp³-hybridized carbons (Fsp3) is 0.207.